The van der Waals surface area contributed by atoms with E-state index in [1.807, 2.05) is 0 Å². The molecule has 0 aliphatic rings. The first-order chi connectivity index (χ1) is 8.69. The quantitative estimate of drug-likeness (QED) is 0.533. The van der Waals surface area contributed by atoms with Gasteiger partial charge in [0.25, 0.3) is 0 Å². The standard InChI is InChI=1S/C15H18BrNO/c1-2-3-4-5-6-7-15(18)12-8-9-14(16)13(10-12)11-17/h8-10H,2-7H2,1H3. The van der Waals surface area contributed by atoms with E-state index in [1.165, 1.54) is 19.3 Å². The van der Waals surface area contributed by atoms with Crippen molar-refractivity contribution in [3.63, 3.8) is 0 Å². The molecule has 2 nitrogen and oxygen atoms in total. The van der Waals surface area contributed by atoms with E-state index in [9.17, 15) is 4.79 Å². The first kappa shape index (κ1) is 14.9. The summed E-state index contributed by atoms with van der Waals surface area (Å²) in [4.78, 5) is 11.9. The number of hydrogen-bond donors (Lipinski definition) is 0. The van der Waals surface area contributed by atoms with E-state index in [0.29, 0.717) is 17.5 Å². The zero-order valence-corrected chi connectivity index (χ0v) is 12.3. The lowest BCUT2D eigenvalue weighted by Gasteiger charge is -2.03. The number of nitriles is 1. The Morgan fingerprint density at radius 3 is 2.67 bits per heavy atom. The number of carbonyl (C=O) groups excluding carboxylic acids is 1. The van der Waals surface area contributed by atoms with Gasteiger partial charge in [0.2, 0.25) is 0 Å². The molecule has 0 heterocycles. The molecule has 1 aromatic rings. The monoisotopic (exact) mass is 307 g/mol. The molecule has 0 spiro atoms. The maximum atomic E-state index is 11.9. The summed E-state index contributed by atoms with van der Waals surface area (Å²) < 4.78 is 0.740. The number of ketones is 1. The van der Waals surface area contributed by atoms with Crippen LogP contribution in [0.1, 0.15) is 61.4 Å². The molecule has 0 saturated heterocycles. The van der Waals surface area contributed by atoms with Crippen LogP contribution in [0.5, 0.6) is 0 Å². The number of carbonyl (C=O) groups is 1. The van der Waals surface area contributed by atoms with Crippen LogP contribution in [0.25, 0.3) is 0 Å². The third-order valence-electron chi connectivity index (χ3n) is 2.92. The first-order valence-corrected chi connectivity index (χ1v) is 7.21. The van der Waals surface area contributed by atoms with Crippen LogP contribution in [0, 0.1) is 11.3 Å². The highest BCUT2D eigenvalue weighted by atomic mass is 79.9. The van der Waals surface area contributed by atoms with E-state index in [-0.39, 0.29) is 5.78 Å². The molecule has 0 aliphatic heterocycles. The molecule has 1 rings (SSSR count). The summed E-state index contributed by atoms with van der Waals surface area (Å²) in [5, 5.41) is 8.91. The third kappa shape index (κ3) is 4.62. The number of hydrogen-bond acceptors (Lipinski definition) is 2. The topological polar surface area (TPSA) is 40.9 Å². The molecule has 0 atom stereocenters. The van der Waals surface area contributed by atoms with Crippen LogP contribution in [-0.2, 0) is 0 Å². The van der Waals surface area contributed by atoms with Crippen LogP contribution in [0.3, 0.4) is 0 Å². The second-order valence-corrected chi connectivity index (χ2v) is 5.25. The molecule has 0 N–H and O–H groups in total. The SMILES string of the molecule is CCCCCCCC(=O)c1ccc(Br)c(C#N)c1. The van der Waals surface area contributed by atoms with Crippen LogP contribution >= 0.6 is 15.9 Å². The zero-order valence-electron chi connectivity index (χ0n) is 10.7. The average molecular weight is 308 g/mol. The van der Waals surface area contributed by atoms with Crippen molar-refractivity contribution in [1.29, 1.82) is 5.26 Å². The Balaban J connectivity index is 2.49. The molecule has 0 aromatic heterocycles. The maximum Gasteiger partial charge on any atom is 0.162 e. The Hall–Kier alpha value is -1.14. The molecule has 96 valence electrons. The number of nitrogens with zero attached hydrogens (tertiary/aromatic N) is 1. The van der Waals surface area contributed by atoms with Crippen molar-refractivity contribution >= 4 is 21.7 Å². The Morgan fingerprint density at radius 1 is 1.28 bits per heavy atom. The van der Waals surface area contributed by atoms with E-state index in [0.717, 1.165) is 17.3 Å². The molecule has 18 heavy (non-hydrogen) atoms. The molecule has 0 saturated carbocycles. The minimum Gasteiger partial charge on any atom is -0.294 e. The van der Waals surface area contributed by atoms with Gasteiger partial charge in [-0.3, -0.25) is 4.79 Å². The Kier molecular flexibility index (Phi) is 6.67. The van der Waals surface area contributed by atoms with Crippen LogP contribution in [0.4, 0.5) is 0 Å². The summed E-state index contributed by atoms with van der Waals surface area (Å²) >= 11 is 3.29. The van der Waals surface area contributed by atoms with Crippen LogP contribution in [0.15, 0.2) is 22.7 Å². The smallest absolute Gasteiger partial charge is 0.162 e. The molecular formula is C15H18BrNO. The van der Waals surface area contributed by atoms with Gasteiger partial charge in [0.15, 0.2) is 5.78 Å². The predicted octanol–water partition coefficient (Wildman–Crippen LogP) is 4.86. The fourth-order valence-corrected chi connectivity index (χ4v) is 2.15. The number of benzene rings is 1. The van der Waals surface area contributed by atoms with Crippen molar-refractivity contribution in [2.24, 2.45) is 0 Å². The van der Waals surface area contributed by atoms with Crippen molar-refractivity contribution < 1.29 is 4.79 Å². The fraction of sp³-hybridized carbons (Fsp3) is 0.467. The van der Waals surface area contributed by atoms with Crippen molar-refractivity contribution in [2.45, 2.75) is 45.4 Å². The largest absolute Gasteiger partial charge is 0.294 e. The van der Waals surface area contributed by atoms with E-state index < -0.39 is 0 Å². The molecular weight excluding hydrogens is 290 g/mol. The van der Waals surface area contributed by atoms with Crippen LogP contribution < -0.4 is 0 Å². The van der Waals surface area contributed by atoms with Crippen molar-refractivity contribution in [3.8, 4) is 6.07 Å². The van der Waals surface area contributed by atoms with Crippen LogP contribution in [0.2, 0.25) is 0 Å². The Bertz CT molecular complexity index is 448. The third-order valence-corrected chi connectivity index (χ3v) is 3.61. The minimum atomic E-state index is 0.135. The lowest BCUT2D eigenvalue weighted by atomic mass is 10.0. The summed E-state index contributed by atoms with van der Waals surface area (Å²) in [5.74, 6) is 0.135. The number of Topliss-reactive ketones (excluding diaryl/α,β-unsaturated/α-hetero) is 1. The van der Waals surface area contributed by atoms with E-state index in [2.05, 4.69) is 28.9 Å². The van der Waals surface area contributed by atoms with Crippen molar-refractivity contribution in [3.05, 3.63) is 33.8 Å². The molecule has 1 aromatic carbocycles. The van der Waals surface area contributed by atoms with Gasteiger partial charge in [0.1, 0.15) is 6.07 Å². The molecule has 0 fully saturated rings. The van der Waals surface area contributed by atoms with Gasteiger partial charge in [-0.1, -0.05) is 38.7 Å². The molecule has 0 bridgehead atoms. The Morgan fingerprint density at radius 2 is 2.00 bits per heavy atom. The van der Waals surface area contributed by atoms with Gasteiger partial charge >= 0.3 is 0 Å². The second kappa shape index (κ2) is 8.05. The lowest BCUT2D eigenvalue weighted by molar-refractivity contribution is 0.0979. The van der Waals surface area contributed by atoms with Gasteiger partial charge in [-0.05, 0) is 34.5 Å². The van der Waals surface area contributed by atoms with Gasteiger partial charge in [-0.25, -0.2) is 0 Å². The number of rotatable bonds is 7. The normalized spacial score (nSPS) is 10.1. The van der Waals surface area contributed by atoms with E-state index in [4.69, 9.17) is 5.26 Å². The summed E-state index contributed by atoms with van der Waals surface area (Å²) in [6, 6.07) is 7.28. The summed E-state index contributed by atoms with van der Waals surface area (Å²) in [7, 11) is 0. The summed E-state index contributed by atoms with van der Waals surface area (Å²) in [6.45, 7) is 2.18. The van der Waals surface area contributed by atoms with Crippen LogP contribution in [-0.4, -0.2) is 5.78 Å². The highest BCUT2D eigenvalue weighted by molar-refractivity contribution is 9.10. The Labute approximate surface area is 117 Å². The van der Waals surface area contributed by atoms with Crippen molar-refractivity contribution in [2.75, 3.05) is 0 Å². The number of halogens is 1. The second-order valence-electron chi connectivity index (χ2n) is 4.39. The van der Waals surface area contributed by atoms with Crippen molar-refractivity contribution in [1.82, 2.24) is 0 Å². The average Bonchev–Trinajstić information content (AvgIpc) is 2.38. The molecule has 0 radical (unpaired) electrons. The summed E-state index contributed by atoms with van der Waals surface area (Å²) in [6.07, 6.45) is 6.29. The van der Waals surface area contributed by atoms with Gasteiger partial charge in [-0.2, -0.15) is 5.26 Å². The zero-order chi connectivity index (χ0) is 13.4. The fourth-order valence-electron chi connectivity index (χ4n) is 1.82. The number of unbranched alkanes of at least 4 members (excludes halogenated alkanes) is 4. The van der Waals surface area contributed by atoms with Gasteiger partial charge in [0, 0.05) is 16.5 Å². The van der Waals surface area contributed by atoms with Gasteiger partial charge in [-0.15, -0.1) is 0 Å². The molecule has 0 unspecified atom stereocenters. The highest BCUT2D eigenvalue weighted by Crippen LogP contribution is 2.19. The van der Waals surface area contributed by atoms with E-state index >= 15 is 0 Å². The lowest BCUT2D eigenvalue weighted by Crippen LogP contribution is -1.99. The highest BCUT2D eigenvalue weighted by Gasteiger charge is 2.08. The molecule has 0 aliphatic carbocycles. The van der Waals surface area contributed by atoms with Gasteiger partial charge < -0.3 is 0 Å². The minimum absolute atomic E-state index is 0.135. The summed E-state index contributed by atoms with van der Waals surface area (Å²) in [5.41, 5.74) is 1.16. The molecule has 0 amide bonds. The van der Waals surface area contributed by atoms with E-state index in [1.54, 1.807) is 18.2 Å². The maximum absolute atomic E-state index is 11.9. The first-order valence-electron chi connectivity index (χ1n) is 6.42. The van der Waals surface area contributed by atoms with Gasteiger partial charge in [0.05, 0.1) is 5.56 Å². The predicted molar refractivity (Wildman–Crippen MR) is 76.6 cm³/mol. The molecule has 3 heteroatoms.